The predicted octanol–water partition coefficient (Wildman–Crippen LogP) is 2.16. The molecule has 0 aliphatic heterocycles. The Labute approximate surface area is 115 Å². The van der Waals surface area contributed by atoms with Gasteiger partial charge in [0.1, 0.15) is 6.04 Å². The molecule has 1 atom stereocenters. The molecule has 1 rings (SSSR count). The van der Waals surface area contributed by atoms with Crippen LogP contribution >= 0.6 is 23.4 Å². The standard InChI is InChI=1S/C12H14ClNO3S/c1-8(15)14-11(12(16)17)7-18-6-9-2-4-10(13)5-3-9/h2-5,11H,6-7H2,1H3,(H,14,15)(H,16,17). The Morgan fingerprint density at radius 1 is 1.39 bits per heavy atom. The Kier molecular flexibility index (Phi) is 6.01. The van der Waals surface area contributed by atoms with Gasteiger partial charge in [0.05, 0.1) is 0 Å². The topological polar surface area (TPSA) is 66.4 Å². The average Bonchev–Trinajstić information content (AvgIpc) is 2.29. The molecular weight excluding hydrogens is 274 g/mol. The zero-order valence-corrected chi connectivity index (χ0v) is 11.4. The number of carbonyl (C=O) groups excluding carboxylic acids is 1. The molecule has 1 aromatic rings. The van der Waals surface area contributed by atoms with Gasteiger partial charge in [0.25, 0.3) is 0 Å². The summed E-state index contributed by atoms with van der Waals surface area (Å²) in [5.74, 6) is -0.346. The van der Waals surface area contributed by atoms with Gasteiger partial charge in [-0.05, 0) is 17.7 Å². The summed E-state index contributed by atoms with van der Waals surface area (Å²) in [7, 11) is 0. The normalized spacial score (nSPS) is 11.9. The number of hydrogen-bond acceptors (Lipinski definition) is 3. The Hall–Kier alpha value is -1.20. The number of amides is 1. The van der Waals surface area contributed by atoms with Gasteiger partial charge < -0.3 is 10.4 Å². The lowest BCUT2D eigenvalue weighted by Gasteiger charge is -2.12. The summed E-state index contributed by atoms with van der Waals surface area (Å²) in [6.45, 7) is 1.31. The molecule has 98 valence electrons. The van der Waals surface area contributed by atoms with E-state index in [4.69, 9.17) is 16.7 Å². The molecule has 0 aliphatic carbocycles. The van der Waals surface area contributed by atoms with E-state index in [0.29, 0.717) is 16.5 Å². The Balaban J connectivity index is 2.41. The number of halogens is 1. The summed E-state index contributed by atoms with van der Waals surface area (Å²) >= 11 is 7.21. The predicted molar refractivity (Wildman–Crippen MR) is 72.9 cm³/mol. The molecule has 0 saturated heterocycles. The van der Waals surface area contributed by atoms with Crippen LogP contribution in [0, 0.1) is 0 Å². The maximum absolute atomic E-state index is 10.9. The number of aliphatic carboxylic acids is 1. The number of benzene rings is 1. The van der Waals surface area contributed by atoms with Crippen molar-refractivity contribution in [2.75, 3.05) is 5.75 Å². The number of carbonyl (C=O) groups is 2. The summed E-state index contributed by atoms with van der Waals surface area (Å²) in [6, 6.07) is 6.52. The van der Waals surface area contributed by atoms with E-state index in [-0.39, 0.29) is 5.91 Å². The largest absolute Gasteiger partial charge is 0.480 e. The van der Waals surface area contributed by atoms with E-state index in [1.54, 1.807) is 12.1 Å². The fourth-order valence-corrected chi connectivity index (χ4v) is 2.43. The fourth-order valence-electron chi connectivity index (χ4n) is 1.30. The number of hydrogen-bond donors (Lipinski definition) is 2. The smallest absolute Gasteiger partial charge is 0.327 e. The first-order chi connectivity index (χ1) is 8.49. The first-order valence-electron chi connectivity index (χ1n) is 5.31. The van der Waals surface area contributed by atoms with Gasteiger partial charge in [0, 0.05) is 23.5 Å². The van der Waals surface area contributed by atoms with E-state index in [0.717, 1.165) is 5.56 Å². The molecule has 2 N–H and O–H groups in total. The molecule has 1 amide bonds. The van der Waals surface area contributed by atoms with Crippen LogP contribution in [0.5, 0.6) is 0 Å². The van der Waals surface area contributed by atoms with Gasteiger partial charge in [-0.25, -0.2) is 4.79 Å². The van der Waals surface area contributed by atoms with Gasteiger partial charge in [-0.15, -0.1) is 0 Å². The number of thioether (sulfide) groups is 1. The third-order valence-electron chi connectivity index (χ3n) is 2.14. The Morgan fingerprint density at radius 2 is 2.00 bits per heavy atom. The zero-order valence-electron chi connectivity index (χ0n) is 9.85. The molecule has 0 saturated carbocycles. The summed E-state index contributed by atoms with van der Waals surface area (Å²) in [4.78, 5) is 21.7. The lowest BCUT2D eigenvalue weighted by Crippen LogP contribution is -2.41. The molecule has 1 unspecified atom stereocenters. The molecule has 1 aromatic carbocycles. The van der Waals surface area contributed by atoms with Crippen molar-refractivity contribution in [3.8, 4) is 0 Å². The summed E-state index contributed by atoms with van der Waals surface area (Å²) in [5, 5.41) is 12.0. The second-order valence-corrected chi connectivity index (χ2v) is 5.20. The van der Waals surface area contributed by atoms with Crippen molar-refractivity contribution in [2.24, 2.45) is 0 Å². The number of carboxylic acids is 1. The minimum Gasteiger partial charge on any atom is -0.480 e. The monoisotopic (exact) mass is 287 g/mol. The number of rotatable bonds is 6. The molecule has 0 aromatic heterocycles. The highest BCUT2D eigenvalue weighted by molar-refractivity contribution is 7.98. The molecule has 0 radical (unpaired) electrons. The van der Waals surface area contributed by atoms with E-state index >= 15 is 0 Å². The molecule has 0 bridgehead atoms. The van der Waals surface area contributed by atoms with Crippen LogP contribution in [0.1, 0.15) is 12.5 Å². The summed E-state index contributed by atoms with van der Waals surface area (Å²) in [6.07, 6.45) is 0. The van der Waals surface area contributed by atoms with Crippen LogP contribution in [0.15, 0.2) is 24.3 Å². The number of nitrogens with one attached hydrogen (secondary N) is 1. The maximum Gasteiger partial charge on any atom is 0.327 e. The van der Waals surface area contributed by atoms with E-state index in [2.05, 4.69) is 5.32 Å². The van der Waals surface area contributed by atoms with Crippen LogP contribution in [0.3, 0.4) is 0 Å². The van der Waals surface area contributed by atoms with Crippen molar-refractivity contribution >= 4 is 35.2 Å². The molecule has 6 heteroatoms. The quantitative estimate of drug-likeness (QED) is 0.841. The zero-order chi connectivity index (χ0) is 13.5. The Bertz CT molecular complexity index is 422. The fraction of sp³-hybridized carbons (Fsp3) is 0.333. The van der Waals surface area contributed by atoms with Crippen LogP contribution in [-0.2, 0) is 15.3 Å². The highest BCUT2D eigenvalue weighted by Gasteiger charge is 2.17. The summed E-state index contributed by atoms with van der Waals surface area (Å²) in [5.41, 5.74) is 1.07. The van der Waals surface area contributed by atoms with Gasteiger partial charge >= 0.3 is 5.97 Å². The van der Waals surface area contributed by atoms with Gasteiger partial charge in [-0.3, -0.25) is 4.79 Å². The molecule has 0 heterocycles. The van der Waals surface area contributed by atoms with Crippen molar-refractivity contribution < 1.29 is 14.7 Å². The Morgan fingerprint density at radius 3 is 2.50 bits per heavy atom. The summed E-state index contributed by atoms with van der Waals surface area (Å²) < 4.78 is 0. The minimum absolute atomic E-state index is 0.331. The average molecular weight is 288 g/mol. The molecule has 0 fully saturated rings. The van der Waals surface area contributed by atoms with Crippen molar-refractivity contribution in [3.63, 3.8) is 0 Å². The van der Waals surface area contributed by atoms with Crippen LogP contribution < -0.4 is 5.32 Å². The van der Waals surface area contributed by atoms with Gasteiger partial charge in [0.15, 0.2) is 0 Å². The SMILES string of the molecule is CC(=O)NC(CSCc1ccc(Cl)cc1)C(=O)O. The van der Waals surface area contributed by atoms with Crippen molar-refractivity contribution in [1.82, 2.24) is 5.32 Å². The van der Waals surface area contributed by atoms with E-state index in [9.17, 15) is 9.59 Å². The van der Waals surface area contributed by atoms with Crippen molar-refractivity contribution in [3.05, 3.63) is 34.9 Å². The first kappa shape index (κ1) is 14.9. The highest BCUT2D eigenvalue weighted by Crippen LogP contribution is 2.16. The third kappa shape index (κ3) is 5.42. The maximum atomic E-state index is 10.9. The van der Waals surface area contributed by atoms with Crippen LogP contribution in [0.25, 0.3) is 0 Å². The van der Waals surface area contributed by atoms with Crippen LogP contribution in [0.2, 0.25) is 5.02 Å². The second kappa shape index (κ2) is 7.28. The molecular formula is C12H14ClNO3S. The van der Waals surface area contributed by atoms with E-state index in [1.165, 1.54) is 18.7 Å². The number of carboxylic acid groups (broad SMARTS) is 1. The van der Waals surface area contributed by atoms with Crippen molar-refractivity contribution in [1.29, 1.82) is 0 Å². The van der Waals surface area contributed by atoms with Gasteiger partial charge in [0.2, 0.25) is 5.91 Å². The van der Waals surface area contributed by atoms with Gasteiger partial charge in [-0.1, -0.05) is 23.7 Å². The van der Waals surface area contributed by atoms with Crippen LogP contribution in [0.4, 0.5) is 0 Å². The third-order valence-corrected chi connectivity index (χ3v) is 3.50. The molecule has 18 heavy (non-hydrogen) atoms. The first-order valence-corrected chi connectivity index (χ1v) is 6.84. The molecule has 0 aliphatic rings. The van der Waals surface area contributed by atoms with E-state index < -0.39 is 12.0 Å². The van der Waals surface area contributed by atoms with E-state index in [1.807, 2.05) is 12.1 Å². The highest BCUT2D eigenvalue weighted by atomic mass is 35.5. The lowest BCUT2D eigenvalue weighted by molar-refractivity contribution is -0.140. The van der Waals surface area contributed by atoms with Gasteiger partial charge in [-0.2, -0.15) is 11.8 Å². The molecule has 4 nitrogen and oxygen atoms in total. The minimum atomic E-state index is -1.02. The lowest BCUT2D eigenvalue weighted by atomic mass is 10.2. The second-order valence-electron chi connectivity index (χ2n) is 3.73. The molecule has 0 spiro atoms. The van der Waals surface area contributed by atoms with Crippen molar-refractivity contribution in [2.45, 2.75) is 18.7 Å². The van der Waals surface area contributed by atoms with Crippen LogP contribution in [-0.4, -0.2) is 28.8 Å².